The molecule has 2 nitrogen and oxygen atoms in total. The smallest absolute Gasteiger partial charge is 0.203 e. The molecule has 1 heterocycles. The molecular formula is C8H7BO2. The molecule has 0 N–H and O–H groups in total. The van der Waals surface area contributed by atoms with Gasteiger partial charge in [0.2, 0.25) is 5.78 Å². The summed E-state index contributed by atoms with van der Waals surface area (Å²) in [4.78, 5) is 11.1. The number of carbonyl (C=O) groups excluding carboxylic acids is 1. The fourth-order valence-electron chi connectivity index (χ4n) is 1.21. The molecule has 1 aliphatic heterocycles. The molecule has 54 valence electrons. The third-order valence-corrected chi connectivity index (χ3v) is 1.79. The van der Waals surface area contributed by atoms with Crippen LogP contribution in [-0.4, -0.2) is 20.2 Å². The first kappa shape index (κ1) is 6.46. The summed E-state index contributed by atoms with van der Waals surface area (Å²) >= 11 is 0. The molecule has 0 radical (unpaired) electrons. The minimum atomic E-state index is 0.0868. The molecule has 11 heavy (non-hydrogen) atoms. The van der Waals surface area contributed by atoms with E-state index in [-0.39, 0.29) is 12.4 Å². The topological polar surface area (TPSA) is 26.3 Å². The van der Waals surface area contributed by atoms with Gasteiger partial charge in [0.1, 0.15) is 13.6 Å². The molecule has 0 saturated heterocycles. The second kappa shape index (κ2) is 2.12. The lowest BCUT2D eigenvalue weighted by atomic mass is 9.93. The minimum Gasteiger partial charge on any atom is -0.485 e. The van der Waals surface area contributed by atoms with Crippen LogP contribution in [0.3, 0.4) is 0 Å². The van der Waals surface area contributed by atoms with E-state index in [0.29, 0.717) is 0 Å². The van der Waals surface area contributed by atoms with Crippen molar-refractivity contribution in [2.24, 2.45) is 0 Å². The van der Waals surface area contributed by atoms with Crippen LogP contribution >= 0.6 is 0 Å². The van der Waals surface area contributed by atoms with E-state index in [1.807, 2.05) is 26.0 Å². The molecule has 0 atom stereocenters. The van der Waals surface area contributed by atoms with E-state index in [1.54, 1.807) is 0 Å². The first-order valence-electron chi connectivity index (χ1n) is 3.54. The first-order valence-corrected chi connectivity index (χ1v) is 3.54. The molecule has 0 fully saturated rings. The monoisotopic (exact) mass is 146 g/mol. The Morgan fingerprint density at radius 2 is 2.27 bits per heavy atom. The largest absolute Gasteiger partial charge is 0.485 e. The van der Waals surface area contributed by atoms with Gasteiger partial charge in [-0.05, 0) is 6.07 Å². The number of hydrogen-bond acceptors (Lipinski definition) is 2. The van der Waals surface area contributed by atoms with Gasteiger partial charge in [-0.1, -0.05) is 17.6 Å². The maximum Gasteiger partial charge on any atom is 0.203 e. The van der Waals surface area contributed by atoms with E-state index in [0.717, 1.165) is 16.8 Å². The van der Waals surface area contributed by atoms with E-state index in [4.69, 9.17) is 4.74 Å². The lowest BCUT2D eigenvalue weighted by Crippen LogP contribution is -2.04. The van der Waals surface area contributed by atoms with Crippen LogP contribution < -0.4 is 10.2 Å². The Morgan fingerprint density at radius 1 is 1.45 bits per heavy atom. The second-order valence-electron chi connectivity index (χ2n) is 2.71. The SMILES string of the molecule is Bc1ccc2c(c1)C(=O)CO2. The zero-order valence-electron chi connectivity index (χ0n) is 6.26. The molecule has 0 amide bonds. The van der Waals surface area contributed by atoms with Gasteiger partial charge in [0.25, 0.3) is 0 Å². The van der Waals surface area contributed by atoms with Gasteiger partial charge in [0.15, 0.2) is 6.61 Å². The second-order valence-corrected chi connectivity index (χ2v) is 2.71. The van der Waals surface area contributed by atoms with E-state index in [1.165, 1.54) is 0 Å². The van der Waals surface area contributed by atoms with Crippen molar-refractivity contribution in [3.8, 4) is 5.75 Å². The van der Waals surface area contributed by atoms with Crippen molar-refractivity contribution in [2.45, 2.75) is 0 Å². The van der Waals surface area contributed by atoms with Gasteiger partial charge in [-0.25, -0.2) is 0 Å². The van der Waals surface area contributed by atoms with Crippen molar-refractivity contribution in [1.29, 1.82) is 0 Å². The Hall–Kier alpha value is -1.25. The summed E-state index contributed by atoms with van der Waals surface area (Å²) in [5, 5.41) is 0. The normalized spacial score (nSPS) is 14.4. The lowest BCUT2D eigenvalue weighted by molar-refractivity contribution is 0.0961. The molecule has 0 aromatic heterocycles. The van der Waals surface area contributed by atoms with E-state index in [9.17, 15) is 4.79 Å². The highest BCUT2D eigenvalue weighted by Gasteiger charge is 2.19. The minimum absolute atomic E-state index is 0.0868. The van der Waals surface area contributed by atoms with Gasteiger partial charge in [-0.15, -0.1) is 0 Å². The molecule has 0 bridgehead atoms. The summed E-state index contributed by atoms with van der Waals surface area (Å²) in [6.07, 6.45) is 0. The van der Waals surface area contributed by atoms with Crippen molar-refractivity contribution < 1.29 is 9.53 Å². The average molecular weight is 146 g/mol. The van der Waals surface area contributed by atoms with E-state index >= 15 is 0 Å². The maximum absolute atomic E-state index is 11.1. The first-order chi connectivity index (χ1) is 5.27. The van der Waals surface area contributed by atoms with Crippen molar-refractivity contribution >= 4 is 19.1 Å². The summed E-state index contributed by atoms with van der Waals surface area (Å²) < 4.78 is 5.12. The molecule has 1 aromatic carbocycles. The van der Waals surface area contributed by atoms with Gasteiger partial charge >= 0.3 is 0 Å². The van der Waals surface area contributed by atoms with Crippen molar-refractivity contribution in [2.75, 3.05) is 6.61 Å². The predicted octanol–water partition coefficient (Wildman–Crippen LogP) is -0.480. The van der Waals surface area contributed by atoms with Crippen molar-refractivity contribution in [1.82, 2.24) is 0 Å². The van der Waals surface area contributed by atoms with Gasteiger partial charge in [-0.3, -0.25) is 4.79 Å². The standard InChI is InChI=1S/C8H7BO2/c9-5-1-2-8-6(3-5)7(10)4-11-8/h1-3H,4,9H2. The van der Waals surface area contributed by atoms with E-state index in [2.05, 4.69) is 0 Å². The Bertz CT molecular complexity index is 320. The fraction of sp³-hybridized carbons (Fsp3) is 0.125. The highest BCUT2D eigenvalue weighted by Crippen LogP contribution is 2.22. The van der Waals surface area contributed by atoms with Crippen molar-refractivity contribution in [3.05, 3.63) is 23.8 Å². The number of Topliss-reactive ketones (excluding diaryl/α,β-unsaturated/α-hetero) is 1. The van der Waals surface area contributed by atoms with Crippen LogP contribution in [0.2, 0.25) is 0 Å². The average Bonchev–Trinajstić information content (AvgIpc) is 2.33. The number of ether oxygens (including phenoxy) is 1. The number of hydrogen-bond donors (Lipinski definition) is 0. The Morgan fingerprint density at radius 3 is 3.09 bits per heavy atom. The summed E-state index contributed by atoms with van der Waals surface area (Å²) in [5.41, 5.74) is 1.83. The van der Waals surface area contributed by atoms with Gasteiger partial charge in [0, 0.05) is 0 Å². The van der Waals surface area contributed by atoms with Crippen LogP contribution in [0.25, 0.3) is 0 Å². The van der Waals surface area contributed by atoms with Crippen LogP contribution in [0, 0.1) is 0 Å². The highest BCUT2D eigenvalue weighted by molar-refractivity contribution is 6.33. The van der Waals surface area contributed by atoms with E-state index < -0.39 is 0 Å². The number of fused-ring (bicyclic) bond motifs is 1. The zero-order chi connectivity index (χ0) is 7.84. The zero-order valence-corrected chi connectivity index (χ0v) is 6.26. The molecule has 0 spiro atoms. The number of ketones is 1. The summed E-state index contributed by atoms with van der Waals surface area (Å²) in [7, 11) is 1.96. The predicted molar refractivity (Wildman–Crippen MR) is 44.4 cm³/mol. The van der Waals surface area contributed by atoms with Gasteiger partial charge in [0.05, 0.1) is 5.56 Å². The lowest BCUT2D eigenvalue weighted by Gasteiger charge is -1.96. The number of carbonyl (C=O) groups is 1. The highest BCUT2D eigenvalue weighted by atomic mass is 16.5. The van der Waals surface area contributed by atoms with Crippen LogP contribution in [0.5, 0.6) is 5.75 Å². The molecule has 1 aromatic rings. The summed E-state index contributed by atoms with van der Waals surface area (Å²) in [6, 6.07) is 5.65. The summed E-state index contributed by atoms with van der Waals surface area (Å²) in [6.45, 7) is 0.207. The quantitative estimate of drug-likeness (QED) is 0.462. The van der Waals surface area contributed by atoms with Crippen LogP contribution in [0.4, 0.5) is 0 Å². The molecule has 2 rings (SSSR count). The van der Waals surface area contributed by atoms with Crippen LogP contribution in [0.15, 0.2) is 18.2 Å². The Labute approximate surface area is 65.6 Å². The third-order valence-electron chi connectivity index (χ3n) is 1.79. The fourth-order valence-corrected chi connectivity index (χ4v) is 1.21. The number of rotatable bonds is 0. The molecular weight excluding hydrogens is 139 g/mol. The van der Waals surface area contributed by atoms with Crippen molar-refractivity contribution in [3.63, 3.8) is 0 Å². The molecule has 0 unspecified atom stereocenters. The van der Waals surface area contributed by atoms with Crippen LogP contribution in [-0.2, 0) is 0 Å². The third kappa shape index (κ3) is 0.927. The van der Waals surface area contributed by atoms with Gasteiger partial charge in [-0.2, -0.15) is 0 Å². The van der Waals surface area contributed by atoms with Gasteiger partial charge < -0.3 is 4.74 Å². The molecule has 3 heteroatoms. The summed E-state index contributed by atoms with van der Waals surface area (Å²) in [5.74, 6) is 0.810. The molecule has 0 saturated carbocycles. The molecule has 1 aliphatic rings. The van der Waals surface area contributed by atoms with Crippen LogP contribution in [0.1, 0.15) is 10.4 Å². The molecule has 0 aliphatic carbocycles. The Balaban J connectivity index is 2.60. The Kier molecular flexibility index (Phi) is 1.25. The maximum atomic E-state index is 11.1. The number of benzene rings is 1.